The van der Waals surface area contributed by atoms with E-state index < -0.39 is 5.91 Å². The monoisotopic (exact) mass is 252 g/mol. The minimum absolute atomic E-state index is 0.107. The van der Waals surface area contributed by atoms with Gasteiger partial charge in [-0.1, -0.05) is 0 Å². The molecule has 1 aromatic carbocycles. The lowest BCUT2D eigenvalue weighted by molar-refractivity contribution is 0.0239. The van der Waals surface area contributed by atoms with Crippen LogP contribution in [0, 0.1) is 5.82 Å². The van der Waals surface area contributed by atoms with E-state index in [1.165, 1.54) is 18.2 Å². The quantitative estimate of drug-likeness (QED) is 0.846. The first-order valence-corrected chi connectivity index (χ1v) is 6.07. The van der Waals surface area contributed by atoms with Gasteiger partial charge in [-0.05, 0) is 37.6 Å². The number of piperidine rings is 1. The number of hydrogen-bond acceptors (Lipinski definition) is 3. The van der Waals surface area contributed by atoms with E-state index in [1.807, 2.05) is 0 Å². The fourth-order valence-electron chi connectivity index (χ4n) is 2.01. The summed E-state index contributed by atoms with van der Waals surface area (Å²) in [5.74, 6) is -0.931. The zero-order chi connectivity index (χ0) is 13.0. The zero-order valence-corrected chi connectivity index (χ0v) is 10.1. The Morgan fingerprint density at radius 1 is 1.56 bits per heavy atom. The predicted molar refractivity (Wildman–Crippen MR) is 65.6 cm³/mol. The second kappa shape index (κ2) is 5.93. The highest BCUT2D eigenvalue weighted by molar-refractivity contribution is 5.92. The van der Waals surface area contributed by atoms with E-state index in [9.17, 15) is 9.18 Å². The number of hydrogen-bond donors (Lipinski definition) is 2. The molecule has 0 aliphatic carbocycles. The molecule has 0 saturated carbocycles. The minimum Gasteiger partial charge on any atom is -0.372 e. The number of halogens is 1. The van der Waals surface area contributed by atoms with Crippen molar-refractivity contribution in [1.82, 2.24) is 5.32 Å². The van der Waals surface area contributed by atoms with Gasteiger partial charge in [0.25, 0.3) is 0 Å². The van der Waals surface area contributed by atoms with Crippen LogP contribution in [0.25, 0.3) is 0 Å². The van der Waals surface area contributed by atoms with E-state index in [2.05, 4.69) is 5.32 Å². The van der Waals surface area contributed by atoms with Crippen LogP contribution >= 0.6 is 0 Å². The first kappa shape index (κ1) is 13.0. The molecule has 0 spiro atoms. The summed E-state index contributed by atoms with van der Waals surface area (Å²) in [5.41, 5.74) is 5.83. The first-order valence-electron chi connectivity index (χ1n) is 6.07. The number of benzene rings is 1. The van der Waals surface area contributed by atoms with E-state index in [-0.39, 0.29) is 18.5 Å². The fraction of sp³-hybridized carbons (Fsp3) is 0.462. The summed E-state index contributed by atoms with van der Waals surface area (Å²) in [7, 11) is 0. The predicted octanol–water partition coefficient (Wildman–Crippen LogP) is 1.19. The Morgan fingerprint density at radius 2 is 2.39 bits per heavy atom. The van der Waals surface area contributed by atoms with Crippen molar-refractivity contribution in [2.24, 2.45) is 5.73 Å². The molecule has 1 saturated heterocycles. The molecule has 1 fully saturated rings. The molecule has 2 rings (SSSR count). The summed E-state index contributed by atoms with van der Waals surface area (Å²) in [6.45, 7) is 1.96. The third-order valence-corrected chi connectivity index (χ3v) is 3.06. The van der Waals surface area contributed by atoms with Gasteiger partial charge in [0.2, 0.25) is 5.91 Å². The summed E-state index contributed by atoms with van der Waals surface area (Å²) in [6, 6.07) is 4.08. The first-order chi connectivity index (χ1) is 8.66. The van der Waals surface area contributed by atoms with Crippen LogP contribution in [0.15, 0.2) is 18.2 Å². The maximum Gasteiger partial charge on any atom is 0.248 e. The lowest BCUT2D eigenvalue weighted by atomic mass is 10.1. The molecule has 1 aliphatic rings. The Bertz CT molecular complexity index is 431. The molecule has 0 aromatic heterocycles. The third kappa shape index (κ3) is 3.27. The van der Waals surface area contributed by atoms with Gasteiger partial charge in [-0.2, -0.15) is 0 Å². The largest absolute Gasteiger partial charge is 0.372 e. The van der Waals surface area contributed by atoms with Crippen molar-refractivity contribution >= 4 is 5.91 Å². The molecule has 18 heavy (non-hydrogen) atoms. The highest BCUT2D eigenvalue weighted by Crippen LogP contribution is 2.14. The number of carbonyl (C=O) groups excluding carboxylic acids is 1. The summed E-state index contributed by atoms with van der Waals surface area (Å²) in [5, 5.41) is 3.22. The Labute approximate surface area is 105 Å². The van der Waals surface area contributed by atoms with Gasteiger partial charge in [0.15, 0.2) is 0 Å². The highest BCUT2D eigenvalue weighted by atomic mass is 19.1. The van der Waals surface area contributed by atoms with Gasteiger partial charge < -0.3 is 15.8 Å². The van der Waals surface area contributed by atoms with Crippen LogP contribution in [0.2, 0.25) is 0 Å². The normalized spacial score (nSPS) is 19.7. The van der Waals surface area contributed by atoms with Gasteiger partial charge in [0.05, 0.1) is 12.7 Å². The topological polar surface area (TPSA) is 64.4 Å². The lowest BCUT2D eigenvalue weighted by Crippen LogP contribution is -2.35. The van der Waals surface area contributed by atoms with E-state index in [4.69, 9.17) is 10.5 Å². The number of nitrogens with two attached hydrogens (primary N) is 1. The van der Waals surface area contributed by atoms with Crippen molar-refractivity contribution in [1.29, 1.82) is 0 Å². The SMILES string of the molecule is NC(=O)c1ccc(F)c(CO[C@H]2CCCNC2)c1. The lowest BCUT2D eigenvalue weighted by Gasteiger charge is -2.23. The average molecular weight is 252 g/mol. The smallest absolute Gasteiger partial charge is 0.248 e. The highest BCUT2D eigenvalue weighted by Gasteiger charge is 2.14. The molecular weight excluding hydrogens is 235 g/mol. The molecule has 5 heteroatoms. The standard InChI is InChI=1S/C13H17FN2O2/c14-12-4-3-9(13(15)17)6-10(12)8-18-11-2-1-5-16-7-11/h3-4,6,11,16H,1-2,5,7-8H2,(H2,15,17)/t11-/m0/s1. The molecule has 1 atom stereocenters. The van der Waals surface area contributed by atoms with E-state index in [0.29, 0.717) is 11.1 Å². The van der Waals surface area contributed by atoms with Crippen molar-refractivity contribution in [3.8, 4) is 0 Å². The second-order valence-electron chi connectivity index (χ2n) is 4.45. The van der Waals surface area contributed by atoms with Gasteiger partial charge in [-0.3, -0.25) is 4.79 Å². The van der Waals surface area contributed by atoms with Crippen LogP contribution in [0.3, 0.4) is 0 Å². The third-order valence-electron chi connectivity index (χ3n) is 3.06. The van der Waals surface area contributed by atoms with Crippen LogP contribution in [0.1, 0.15) is 28.8 Å². The van der Waals surface area contributed by atoms with Crippen molar-refractivity contribution < 1.29 is 13.9 Å². The molecule has 1 aromatic rings. The van der Waals surface area contributed by atoms with Gasteiger partial charge in [-0.15, -0.1) is 0 Å². The van der Waals surface area contributed by atoms with Crippen LogP contribution in [0.5, 0.6) is 0 Å². The average Bonchev–Trinajstić information content (AvgIpc) is 2.38. The molecule has 98 valence electrons. The maximum absolute atomic E-state index is 13.5. The van der Waals surface area contributed by atoms with Crippen molar-refractivity contribution in [3.05, 3.63) is 35.1 Å². The minimum atomic E-state index is -0.560. The maximum atomic E-state index is 13.5. The molecule has 1 heterocycles. The number of rotatable bonds is 4. The van der Waals surface area contributed by atoms with Crippen molar-refractivity contribution in [2.75, 3.05) is 13.1 Å². The summed E-state index contributed by atoms with van der Waals surface area (Å²) >= 11 is 0. The molecule has 0 bridgehead atoms. The van der Waals surface area contributed by atoms with E-state index in [0.717, 1.165) is 25.9 Å². The van der Waals surface area contributed by atoms with Gasteiger partial charge in [-0.25, -0.2) is 4.39 Å². The Balaban J connectivity index is 1.99. The summed E-state index contributed by atoms with van der Waals surface area (Å²) in [4.78, 5) is 11.0. The van der Waals surface area contributed by atoms with Crippen LogP contribution in [0.4, 0.5) is 4.39 Å². The van der Waals surface area contributed by atoms with Crippen molar-refractivity contribution in [2.45, 2.75) is 25.6 Å². The number of ether oxygens (including phenoxy) is 1. The van der Waals surface area contributed by atoms with Gasteiger partial charge >= 0.3 is 0 Å². The Kier molecular flexibility index (Phi) is 4.28. The number of primary amides is 1. The second-order valence-corrected chi connectivity index (χ2v) is 4.45. The van der Waals surface area contributed by atoms with Crippen LogP contribution in [-0.2, 0) is 11.3 Å². The Hall–Kier alpha value is -1.46. The van der Waals surface area contributed by atoms with E-state index in [1.54, 1.807) is 0 Å². The number of nitrogens with one attached hydrogen (secondary N) is 1. The molecule has 0 radical (unpaired) electrons. The van der Waals surface area contributed by atoms with Gasteiger partial charge in [0, 0.05) is 17.7 Å². The van der Waals surface area contributed by atoms with Crippen LogP contribution < -0.4 is 11.1 Å². The van der Waals surface area contributed by atoms with Crippen LogP contribution in [-0.4, -0.2) is 25.1 Å². The van der Waals surface area contributed by atoms with Gasteiger partial charge in [0.1, 0.15) is 5.82 Å². The molecule has 0 unspecified atom stereocenters. The van der Waals surface area contributed by atoms with E-state index >= 15 is 0 Å². The Morgan fingerprint density at radius 3 is 3.06 bits per heavy atom. The number of carbonyl (C=O) groups is 1. The molecule has 3 N–H and O–H groups in total. The molecule has 1 aliphatic heterocycles. The zero-order valence-electron chi connectivity index (χ0n) is 10.1. The molecular formula is C13H17FN2O2. The fourth-order valence-corrected chi connectivity index (χ4v) is 2.01. The van der Waals surface area contributed by atoms with Crippen molar-refractivity contribution in [3.63, 3.8) is 0 Å². The molecule has 1 amide bonds. The molecule has 4 nitrogen and oxygen atoms in total. The summed E-state index contributed by atoms with van der Waals surface area (Å²) < 4.78 is 19.2. The number of amides is 1. The summed E-state index contributed by atoms with van der Waals surface area (Å²) in [6.07, 6.45) is 2.15.